The summed E-state index contributed by atoms with van der Waals surface area (Å²) in [4.78, 5) is 28.8. The summed E-state index contributed by atoms with van der Waals surface area (Å²) in [6.07, 6.45) is 4.13. The van der Waals surface area contributed by atoms with Gasteiger partial charge in [-0.05, 0) is 44.5 Å². The van der Waals surface area contributed by atoms with Crippen LogP contribution in [0.3, 0.4) is 0 Å². The Labute approximate surface area is 203 Å². The number of rotatable bonds is 7. The van der Waals surface area contributed by atoms with Crippen LogP contribution in [0, 0.1) is 11.7 Å². The molecule has 182 valence electrons. The van der Waals surface area contributed by atoms with E-state index >= 15 is 0 Å². The van der Waals surface area contributed by atoms with E-state index in [0.717, 1.165) is 93.4 Å². The number of thiophene rings is 1. The van der Waals surface area contributed by atoms with Crippen molar-refractivity contribution in [3.63, 3.8) is 0 Å². The molecule has 0 aliphatic carbocycles. The molecule has 1 amide bonds. The van der Waals surface area contributed by atoms with Crippen LogP contribution in [-0.2, 0) is 4.79 Å². The smallest absolute Gasteiger partial charge is 0.223 e. The fraction of sp³-hybridized carbons (Fsp3) is 0.560. The number of nitrogens with one attached hydrogen (secondary N) is 1. The Hall–Kier alpha value is -2.36. The highest BCUT2D eigenvalue weighted by molar-refractivity contribution is 7.26. The van der Waals surface area contributed by atoms with Crippen molar-refractivity contribution >= 4 is 43.4 Å². The molecule has 1 aromatic carbocycles. The summed E-state index contributed by atoms with van der Waals surface area (Å²) in [6.45, 7) is 11.2. The fourth-order valence-corrected chi connectivity index (χ4v) is 6.32. The molecule has 7 nitrogen and oxygen atoms in total. The Bertz CT molecular complexity index is 1140. The molecule has 0 radical (unpaired) electrons. The van der Waals surface area contributed by atoms with Crippen molar-refractivity contribution in [2.45, 2.75) is 26.2 Å². The summed E-state index contributed by atoms with van der Waals surface area (Å²) in [7, 11) is 0. The Morgan fingerprint density at radius 3 is 2.65 bits per heavy atom. The molecule has 2 aliphatic rings. The van der Waals surface area contributed by atoms with Crippen LogP contribution in [0.1, 0.15) is 26.2 Å². The summed E-state index contributed by atoms with van der Waals surface area (Å²) >= 11 is 1.54. The summed E-state index contributed by atoms with van der Waals surface area (Å²) in [5, 5.41) is 3.74. The van der Waals surface area contributed by atoms with Gasteiger partial charge in [-0.25, -0.2) is 14.4 Å². The van der Waals surface area contributed by atoms with E-state index in [1.54, 1.807) is 6.07 Å². The van der Waals surface area contributed by atoms with Crippen molar-refractivity contribution in [2.24, 2.45) is 5.92 Å². The Kier molecular flexibility index (Phi) is 7.22. The molecule has 0 bridgehead atoms. The van der Waals surface area contributed by atoms with Crippen LogP contribution in [-0.4, -0.2) is 84.6 Å². The lowest BCUT2D eigenvalue weighted by Gasteiger charge is -2.34. The number of aromatic nitrogens is 2. The van der Waals surface area contributed by atoms with Gasteiger partial charge < -0.3 is 20.0 Å². The Morgan fingerprint density at radius 2 is 1.88 bits per heavy atom. The normalized spacial score (nSPS) is 18.7. The number of carbonyl (C=O) groups is 1. The van der Waals surface area contributed by atoms with Gasteiger partial charge in [0, 0.05) is 56.4 Å². The minimum atomic E-state index is -0.244. The first-order valence-electron chi connectivity index (χ1n) is 12.4. The molecule has 2 aliphatic heterocycles. The number of carbonyl (C=O) groups excluding carboxylic acids is 1. The van der Waals surface area contributed by atoms with Crippen molar-refractivity contribution in [3.05, 3.63) is 30.3 Å². The van der Waals surface area contributed by atoms with E-state index in [4.69, 9.17) is 0 Å². The molecule has 34 heavy (non-hydrogen) atoms. The molecule has 3 aromatic rings. The lowest BCUT2D eigenvalue weighted by molar-refractivity contribution is -0.125. The van der Waals surface area contributed by atoms with E-state index in [9.17, 15) is 9.18 Å². The molecule has 0 atom stereocenters. The Morgan fingerprint density at radius 1 is 1.12 bits per heavy atom. The zero-order chi connectivity index (χ0) is 23.5. The highest BCUT2D eigenvalue weighted by Crippen LogP contribution is 2.39. The second-order valence-electron chi connectivity index (χ2n) is 9.27. The monoisotopic (exact) mass is 484 g/mol. The molecule has 2 saturated heterocycles. The van der Waals surface area contributed by atoms with Crippen molar-refractivity contribution in [3.8, 4) is 0 Å². The van der Waals surface area contributed by atoms with Gasteiger partial charge in [0.1, 0.15) is 18.0 Å². The summed E-state index contributed by atoms with van der Waals surface area (Å²) in [5.74, 6) is 0.827. The van der Waals surface area contributed by atoms with Crippen LogP contribution >= 0.6 is 11.3 Å². The number of nitrogens with zero attached hydrogens (tertiary/aromatic N) is 5. The van der Waals surface area contributed by atoms with Gasteiger partial charge in [0.05, 0.1) is 15.6 Å². The van der Waals surface area contributed by atoms with E-state index in [2.05, 4.69) is 36.9 Å². The molecule has 9 heteroatoms. The third-order valence-corrected chi connectivity index (χ3v) is 8.38. The zero-order valence-corrected chi connectivity index (χ0v) is 20.6. The van der Waals surface area contributed by atoms with Crippen molar-refractivity contribution in [1.82, 2.24) is 25.1 Å². The number of halogens is 1. The van der Waals surface area contributed by atoms with Crippen LogP contribution in [0.2, 0.25) is 0 Å². The first-order chi connectivity index (χ1) is 16.6. The van der Waals surface area contributed by atoms with E-state index < -0.39 is 0 Å². The van der Waals surface area contributed by atoms with Gasteiger partial charge >= 0.3 is 0 Å². The highest BCUT2D eigenvalue weighted by Gasteiger charge is 2.27. The van der Waals surface area contributed by atoms with E-state index in [-0.39, 0.29) is 17.6 Å². The number of fused-ring (bicyclic) bond motifs is 3. The molecule has 2 fully saturated rings. The quantitative estimate of drug-likeness (QED) is 0.519. The van der Waals surface area contributed by atoms with Crippen molar-refractivity contribution in [2.75, 3.05) is 63.8 Å². The minimum absolute atomic E-state index is 0.0431. The van der Waals surface area contributed by atoms with Gasteiger partial charge in [-0.15, -0.1) is 11.3 Å². The van der Waals surface area contributed by atoms with E-state index in [0.29, 0.717) is 10.9 Å². The number of piperidine rings is 1. The lowest BCUT2D eigenvalue weighted by atomic mass is 9.96. The van der Waals surface area contributed by atoms with E-state index in [1.807, 2.05) is 6.07 Å². The second kappa shape index (κ2) is 10.5. The van der Waals surface area contributed by atoms with Crippen molar-refractivity contribution in [1.29, 1.82) is 0 Å². The SMILES string of the molecule is CCN1CCN(CCCNC(=O)C2CCN(c3ncnc4c3sc3cccc(F)c34)CC2)CC1. The molecule has 1 N–H and O–H groups in total. The average molecular weight is 485 g/mol. The molecular weight excluding hydrogens is 451 g/mol. The number of likely N-dealkylation sites (N-methyl/N-ethyl adjacent to an activating group) is 1. The molecule has 4 heterocycles. The maximum Gasteiger partial charge on any atom is 0.223 e. The van der Waals surface area contributed by atoms with Crippen LogP contribution < -0.4 is 10.2 Å². The van der Waals surface area contributed by atoms with Gasteiger partial charge in [-0.1, -0.05) is 13.0 Å². The average Bonchev–Trinajstić information content (AvgIpc) is 3.27. The van der Waals surface area contributed by atoms with Gasteiger partial charge in [0.25, 0.3) is 0 Å². The molecule has 0 saturated carbocycles. The number of anilines is 1. The predicted octanol–water partition coefficient (Wildman–Crippen LogP) is 3.34. The molecule has 2 aromatic heterocycles. The zero-order valence-electron chi connectivity index (χ0n) is 19.8. The van der Waals surface area contributed by atoms with Gasteiger partial charge in [-0.3, -0.25) is 4.79 Å². The van der Waals surface area contributed by atoms with Crippen molar-refractivity contribution < 1.29 is 9.18 Å². The molecule has 0 unspecified atom stereocenters. The third kappa shape index (κ3) is 4.87. The van der Waals surface area contributed by atoms with Crippen LogP contribution in [0.5, 0.6) is 0 Å². The van der Waals surface area contributed by atoms with Gasteiger partial charge in [0.2, 0.25) is 5.91 Å². The van der Waals surface area contributed by atoms with Crippen LogP contribution in [0.4, 0.5) is 10.2 Å². The number of benzene rings is 1. The lowest BCUT2D eigenvalue weighted by Crippen LogP contribution is -2.47. The fourth-order valence-electron chi connectivity index (χ4n) is 5.13. The first kappa shape index (κ1) is 23.4. The van der Waals surface area contributed by atoms with Gasteiger partial charge in [-0.2, -0.15) is 0 Å². The maximum atomic E-state index is 14.4. The number of hydrogen-bond acceptors (Lipinski definition) is 7. The number of piperazine rings is 1. The molecular formula is C25H33FN6OS. The topological polar surface area (TPSA) is 64.6 Å². The highest BCUT2D eigenvalue weighted by atomic mass is 32.1. The maximum absolute atomic E-state index is 14.4. The molecule has 5 rings (SSSR count). The number of amides is 1. The molecule has 0 spiro atoms. The number of hydrogen-bond donors (Lipinski definition) is 1. The summed E-state index contributed by atoms with van der Waals surface area (Å²) < 4.78 is 16.2. The standard InChI is InChI=1S/C25H33FN6OS/c1-2-30-13-15-31(16-14-30)10-4-9-27-25(33)18-7-11-32(12-8-18)24-23-22(28-17-29-24)21-19(26)5-3-6-20(21)34-23/h3,5-6,17-18H,2,4,7-16H2,1H3,(H,27,33). The third-order valence-electron chi connectivity index (χ3n) is 7.24. The second-order valence-corrected chi connectivity index (χ2v) is 10.3. The van der Waals surface area contributed by atoms with Crippen LogP contribution in [0.15, 0.2) is 24.5 Å². The van der Waals surface area contributed by atoms with Crippen LogP contribution in [0.25, 0.3) is 20.3 Å². The summed E-state index contributed by atoms with van der Waals surface area (Å²) in [5.41, 5.74) is 0.680. The largest absolute Gasteiger partial charge is 0.356 e. The van der Waals surface area contributed by atoms with Gasteiger partial charge in [0.15, 0.2) is 0 Å². The Balaban J connectivity index is 1.12. The van der Waals surface area contributed by atoms with E-state index in [1.165, 1.54) is 23.7 Å². The first-order valence-corrected chi connectivity index (χ1v) is 13.2. The summed E-state index contributed by atoms with van der Waals surface area (Å²) in [6, 6.07) is 5.14. The minimum Gasteiger partial charge on any atom is -0.356 e. The predicted molar refractivity (Wildman–Crippen MR) is 136 cm³/mol.